The molecule has 1 rings (SSSR count). The maximum atomic E-state index is 12.8. The molecule has 2 unspecified atom stereocenters. The fourth-order valence-corrected chi connectivity index (χ4v) is 1.96. The fraction of sp³-hybridized carbons (Fsp3) is 0.571. The lowest BCUT2D eigenvalue weighted by molar-refractivity contribution is 0.417. The molecule has 0 radical (unpaired) electrons. The summed E-state index contributed by atoms with van der Waals surface area (Å²) in [6.45, 7) is 6.53. The van der Waals surface area contributed by atoms with Crippen LogP contribution in [0.1, 0.15) is 51.6 Å². The van der Waals surface area contributed by atoms with Crippen molar-refractivity contribution in [1.29, 1.82) is 0 Å². The Kier molecular flexibility index (Phi) is 5.47. The van der Waals surface area contributed by atoms with Gasteiger partial charge >= 0.3 is 0 Å². The average Bonchev–Trinajstić information content (AvgIpc) is 2.29. The van der Waals surface area contributed by atoms with Gasteiger partial charge in [-0.05, 0) is 37.5 Å². The molecule has 1 nitrogen and oxygen atoms in total. The van der Waals surface area contributed by atoms with Crippen molar-refractivity contribution in [2.75, 3.05) is 0 Å². The van der Waals surface area contributed by atoms with Crippen LogP contribution < -0.4 is 5.32 Å². The Morgan fingerprint density at radius 3 is 2.31 bits per heavy atom. The highest BCUT2D eigenvalue weighted by Crippen LogP contribution is 2.15. The van der Waals surface area contributed by atoms with E-state index in [1.807, 2.05) is 12.1 Å². The Labute approximate surface area is 98.1 Å². The van der Waals surface area contributed by atoms with Crippen molar-refractivity contribution < 1.29 is 4.39 Å². The van der Waals surface area contributed by atoms with E-state index in [2.05, 4.69) is 26.1 Å². The van der Waals surface area contributed by atoms with E-state index in [4.69, 9.17) is 0 Å². The van der Waals surface area contributed by atoms with Crippen LogP contribution in [0.4, 0.5) is 4.39 Å². The molecule has 2 atom stereocenters. The first kappa shape index (κ1) is 13.2. The summed E-state index contributed by atoms with van der Waals surface area (Å²) in [5, 5.41) is 3.58. The van der Waals surface area contributed by atoms with Gasteiger partial charge in [0.25, 0.3) is 0 Å². The third-order valence-corrected chi connectivity index (χ3v) is 2.99. The monoisotopic (exact) mass is 223 g/mol. The lowest BCUT2D eigenvalue weighted by Gasteiger charge is -2.22. The van der Waals surface area contributed by atoms with Crippen molar-refractivity contribution in [2.24, 2.45) is 0 Å². The summed E-state index contributed by atoms with van der Waals surface area (Å²) in [6.07, 6.45) is 3.53. The zero-order valence-electron chi connectivity index (χ0n) is 10.5. The van der Waals surface area contributed by atoms with E-state index in [0.29, 0.717) is 6.04 Å². The van der Waals surface area contributed by atoms with Crippen molar-refractivity contribution in [3.8, 4) is 0 Å². The number of nitrogens with one attached hydrogen (secondary N) is 1. The quantitative estimate of drug-likeness (QED) is 0.767. The van der Waals surface area contributed by atoms with Crippen LogP contribution in [-0.4, -0.2) is 6.04 Å². The van der Waals surface area contributed by atoms with Gasteiger partial charge in [0.05, 0.1) is 0 Å². The molecule has 1 aromatic carbocycles. The predicted molar refractivity (Wildman–Crippen MR) is 66.9 cm³/mol. The van der Waals surface area contributed by atoms with Crippen molar-refractivity contribution in [3.05, 3.63) is 35.6 Å². The van der Waals surface area contributed by atoms with E-state index in [1.165, 1.54) is 25.0 Å². The summed E-state index contributed by atoms with van der Waals surface area (Å²) in [5.41, 5.74) is 1.15. The van der Waals surface area contributed by atoms with Crippen LogP contribution >= 0.6 is 0 Å². The largest absolute Gasteiger partial charge is 0.307 e. The van der Waals surface area contributed by atoms with E-state index in [9.17, 15) is 4.39 Å². The minimum atomic E-state index is -0.170. The molecular weight excluding hydrogens is 201 g/mol. The first-order valence-electron chi connectivity index (χ1n) is 6.18. The van der Waals surface area contributed by atoms with Gasteiger partial charge in [0, 0.05) is 12.1 Å². The Morgan fingerprint density at radius 1 is 1.19 bits per heavy atom. The van der Waals surface area contributed by atoms with E-state index in [0.717, 1.165) is 12.0 Å². The Morgan fingerprint density at radius 2 is 1.81 bits per heavy atom. The van der Waals surface area contributed by atoms with Gasteiger partial charge in [-0.3, -0.25) is 0 Å². The second-order valence-corrected chi connectivity index (χ2v) is 4.33. The van der Waals surface area contributed by atoms with Crippen LogP contribution in [0.2, 0.25) is 0 Å². The zero-order valence-corrected chi connectivity index (χ0v) is 10.5. The molecule has 0 amide bonds. The van der Waals surface area contributed by atoms with Gasteiger partial charge in [-0.1, -0.05) is 32.4 Å². The molecule has 1 N–H and O–H groups in total. The fourth-order valence-electron chi connectivity index (χ4n) is 1.96. The number of hydrogen-bond donors (Lipinski definition) is 1. The third-order valence-electron chi connectivity index (χ3n) is 2.99. The SMILES string of the molecule is CCCC(CC)NC(C)c1ccc(F)cc1. The Hall–Kier alpha value is -0.890. The van der Waals surface area contributed by atoms with E-state index >= 15 is 0 Å². The molecule has 0 heterocycles. The highest BCUT2D eigenvalue weighted by molar-refractivity contribution is 5.19. The molecule has 0 saturated carbocycles. The van der Waals surface area contributed by atoms with Crippen molar-refractivity contribution in [2.45, 2.75) is 52.1 Å². The molecule has 0 aromatic heterocycles. The number of rotatable bonds is 6. The second kappa shape index (κ2) is 6.64. The van der Waals surface area contributed by atoms with Gasteiger partial charge < -0.3 is 5.32 Å². The Balaban J connectivity index is 2.56. The van der Waals surface area contributed by atoms with Gasteiger partial charge in [-0.25, -0.2) is 4.39 Å². The molecule has 2 heteroatoms. The Bertz CT molecular complexity index is 294. The average molecular weight is 223 g/mol. The van der Waals surface area contributed by atoms with Crippen LogP contribution in [0.15, 0.2) is 24.3 Å². The first-order valence-corrected chi connectivity index (χ1v) is 6.18. The molecule has 0 fully saturated rings. The van der Waals surface area contributed by atoms with E-state index in [1.54, 1.807) is 0 Å². The summed E-state index contributed by atoms with van der Waals surface area (Å²) in [5.74, 6) is -0.170. The van der Waals surface area contributed by atoms with Gasteiger partial charge in [-0.15, -0.1) is 0 Å². The minimum Gasteiger partial charge on any atom is -0.307 e. The highest BCUT2D eigenvalue weighted by atomic mass is 19.1. The van der Waals surface area contributed by atoms with E-state index in [-0.39, 0.29) is 11.9 Å². The molecule has 0 saturated heterocycles. The molecule has 90 valence electrons. The van der Waals surface area contributed by atoms with Crippen LogP contribution in [0, 0.1) is 5.82 Å². The van der Waals surface area contributed by atoms with Gasteiger partial charge in [0.1, 0.15) is 5.82 Å². The summed E-state index contributed by atoms with van der Waals surface area (Å²) in [7, 11) is 0. The topological polar surface area (TPSA) is 12.0 Å². The smallest absolute Gasteiger partial charge is 0.123 e. The van der Waals surface area contributed by atoms with Crippen molar-refractivity contribution in [3.63, 3.8) is 0 Å². The van der Waals surface area contributed by atoms with Crippen molar-refractivity contribution >= 4 is 0 Å². The molecule has 16 heavy (non-hydrogen) atoms. The molecule has 1 aromatic rings. The zero-order chi connectivity index (χ0) is 12.0. The maximum Gasteiger partial charge on any atom is 0.123 e. The number of benzene rings is 1. The van der Waals surface area contributed by atoms with Gasteiger partial charge in [0.2, 0.25) is 0 Å². The molecule has 0 aliphatic carbocycles. The minimum absolute atomic E-state index is 0.170. The van der Waals surface area contributed by atoms with Crippen LogP contribution in [0.3, 0.4) is 0 Å². The van der Waals surface area contributed by atoms with E-state index < -0.39 is 0 Å². The van der Waals surface area contributed by atoms with Gasteiger partial charge in [0.15, 0.2) is 0 Å². The molecule has 0 aliphatic heterocycles. The molecular formula is C14H22FN. The third kappa shape index (κ3) is 3.93. The van der Waals surface area contributed by atoms with Gasteiger partial charge in [-0.2, -0.15) is 0 Å². The number of halogens is 1. The molecule has 0 spiro atoms. The maximum absolute atomic E-state index is 12.8. The van der Waals surface area contributed by atoms with Crippen molar-refractivity contribution in [1.82, 2.24) is 5.32 Å². The van der Waals surface area contributed by atoms with Crippen LogP contribution in [0.25, 0.3) is 0 Å². The first-order chi connectivity index (χ1) is 7.67. The summed E-state index contributed by atoms with van der Waals surface area (Å²) in [4.78, 5) is 0. The predicted octanol–water partition coefficient (Wildman–Crippen LogP) is 4.06. The summed E-state index contributed by atoms with van der Waals surface area (Å²) < 4.78 is 12.8. The lowest BCUT2D eigenvalue weighted by Crippen LogP contribution is -2.30. The summed E-state index contributed by atoms with van der Waals surface area (Å²) in [6, 6.07) is 7.60. The van der Waals surface area contributed by atoms with Crippen LogP contribution in [-0.2, 0) is 0 Å². The highest BCUT2D eigenvalue weighted by Gasteiger charge is 2.10. The van der Waals surface area contributed by atoms with Crippen LogP contribution in [0.5, 0.6) is 0 Å². The molecule has 0 aliphatic rings. The normalized spacial score (nSPS) is 14.8. The summed E-state index contributed by atoms with van der Waals surface area (Å²) >= 11 is 0. The second-order valence-electron chi connectivity index (χ2n) is 4.33. The number of hydrogen-bond acceptors (Lipinski definition) is 1. The molecule has 0 bridgehead atoms. The lowest BCUT2D eigenvalue weighted by atomic mass is 10.0. The standard InChI is InChI=1S/C14H22FN/c1-4-6-14(5-2)16-11(3)12-7-9-13(15)10-8-12/h7-11,14,16H,4-6H2,1-3H3.